The fraction of sp³-hybridized carbons (Fsp3) is 0.500. The average Bonchev–Trinajstić information content (AvgIpc) is 2.22. The molecule has 0 heterocycles. The van der Waals surface area contributed by atoms with E-state index in [9.17, 15) is 0 Å². The van der Waals surface area contributed by atoms with Gasteiger partial charge < -0.3 is 6.42 Å². The number of hydrogen-bond donors (Lipinski definition) is 0. The summed E-state index contributed by atoms with van der Waals surface area (Å²) in [5, 5.41) is 0. The first-order valence-corrected chi connectivity index (χ1v) is 10.7. The van der Waals surface area contributed by atoms with Crippen LogP contribution < -0.4 is 0 Å². The summed E-state index contributed by atoms with van der Waals surface area (Å²) >= 11 is -0.556. The summed E-state index contributed by atoms with van der Waals surface area (Å²) in [7, 11) is 9.78. The zero-order valence-corrected chi connectivity index (χ0v) is 13.2. The minimum absolute atomic E-state index is 0.556. The number of rotatable bonds is 0. The van der Waals surface area contributed by atoms with Gasteiger partial charge in [-0.25, -0.2) is 13.8 Å². The molecule has 0 unspecified atom stereocenters. The summed E-state index contributed by atoms with van der Waals surface area (Å²) in [4.78, 5) is 0. The Hall–Kier alpha value is 0.969. The third kappa shape index (κ3) is 36.3. The molecular formula is C12H18Cl2IrO. The summed E-state index contributed by atoms with van der Waals surface area (Å²) in [6.45, 7) is 10.8. The molecule has 0 saturated heterocycles. The van der Waals surface area contributed by atoms with Crippen LogP contribution in [0.2, 0.25) is 0 Å². The molecule has 0 aliphatic heterocycles. The van der Waals surface area contributed by atoms with Gasteiger partial charge in [-0.2, -0.15) is 0 Å². The Bertz CT molecular complexity index is 84.4. The van der Waals surface area contributed by atoms with Crippen molar-refractivity contribution in [2.24, 2.45) is 0 Å². The molecule has 1 aliphatic carbocycles. The Kier molecular flexibility index (Phi) is 41.2. The van der Waals surface area contributed by atoms with E-state index in [4.69, 9.17) is 23.8 Å². The van der Waals surface area contributed by atoms with Crippen molar-refractivity contribution < 1.29 is 20.3 Å². The monoisotopic (exact) mass is 441 g/mol. The molecule has 0 aromatic carbocycles. The molecule has 0 spiro atoms. The van der Waals surface area contributed by atoms with Gasteiger partial charge in [-0.1, -0.05) is 25.7 Å². The molecule has 4 heteroatoms. The molecule has 0 aromatic rings. The van der Waals surface area contributed by atoms with Crippen molar-refractivity contribution in [3.8, 4) is 0 Å². The van der Waals surface area contributed by atoms with E-state index < -0.39 is 15.7 Å². The molecule has 0 atom stereocenters. The summed E-state index contributed by atoms with van der Waals surface area (Å²) in [5.74, 6) is 0. The Morgan fingerprint density at radius 2 is 1.25 bits per heavy atom. The van der Waals surface area contributed by atoms with Gasteiger partial charge in [-0.05, 0) is 25.7 Å². The molecule has 16 heavy (non-hydrogen) atoms. The van der Waals surface area contributed by atoms with Crippen molar-refractivity contribution in [3.63, 3.8) is 0 Å². The second-order valence-electron chi connectivity index (χ2n) is 2.76. The van der Waals surface area contributed by atoms with Crippen LogP contribution in [0.1, 0.15) is 38.5 Å². The molecule has 1 nitrogen and oxygen atoms in total. The summed E-state index contributed by atoms with van der Waals surface area (Å²) < 4.78 is 7.50. The normalized spacial score (nSPS) is 14.6. The second-order valence-corrected chi connectivity index (χ2v) is 6.22. The van der Waals surface area contributed by atoms with Gasteiger partial charge in [-0.15, -0.1) is 0 Å². The molecule has 1 fully saturated rings. The second kappa shape index (κ2) is 29.7. The van der Waals surface area contributed by atoms with E-state index in [0.29, 0.717) is 0 Å². The van der Waals surface area contributed by atoms with Crippen LogP contribution >= 0.6 is 19.2 Å². The first-order valence-electron chi connectivity index (χ1n) is 4.81. The van der Waals surface area contributed by atoms with Gasteiger partial charge in [0.2, 0.25) is 0 Å². The van der Waals surface area contributed by atoms with Crippen LogP contribution in [0.5, 0.6) is 0 Å². The van der Waals surface area contributed by atoms with Crippen LogP contribution in [0.4, 0.5) is 0 Å². The van der Waals surface area contributed by atoms with Crippen molar-refractivity contribution in [1.29, 1.82) is 0 Å². The van der Waals surface area contributed by atoms with Crippen molar-refractivity contribution >= 4 is 19.2 Å². The molecule has 0 N–H and O–H groups in total. The molecule has 1 aliphatic rings. The van der Waals surface area contributed by atoms with Crippen LogP contribution in [0.3, 0.4) is 0 Å². The van der Waals surface area contributed by atoms with E-state index in [-0.39, 0.29) is 0 Å². The Balaban J connectivity index is -0.000000179. The maximum atomic E-state index is 7.50. The van der Waals surface area contributed by atoms with Crippen LogP contribution in [-0.2, 0) is 20.3 Å². The molecule has 95 valence electrons. The molecule has 0 aromatic heterocycles. The minimum atomic E-state index is -0.556. The van der Waals surface area contributed by atoms with E-state index in [1.807, 2.05) is 0 Å². The van der Waals surface area contributed by atoms with E-state index in [1.165, 1.54) is 38.5 Å². The fourth-order valence-corrected chi connectivity index (χ4v) is 1.11. The van der Waals surface area contributed by atoms with Gasteiger partial charge in [0.1, 0.15) is 0 Å². The number of halogens is 2. The predicted molar refractivity (Wildman–Crippen MR) is 65.9 cm³/mol. The third-order valence-electron chi connectivity index (χ3n) is 1.66. The van der Waals surface area contributed by atoms with Gasteiger partial charge >= 0.3 is 46.1 Å². The van der Waals surface area contributed by atoms with E-state index in [2.05, 4.69) is 39.8 Å². The van der Waals surface area contributed by atoms with Gasteiger partial charge in [0.25, 0.3) is 0 Å². The molecule has 1 saturated carbocycles. The fourth-order valence-electron chi connectivity index (χ4n) is 1.11. The topological polar surface area (TPSA) is 19.9 Å². The van der Waals surface area contributed by atoms with Crippen molar-refractivity contribution in [3.05, 3.63) is 39.8 Å². The molecular weight excluding hydrogens is 423 g/mol. The SMILES string of the molecule is [C-]#[O+].[CH2][C-][CH2].[CH]1[CH]CCCCCC1.[Cl][Ir+][Cl]. The summed E-state index contributed by atoms with van der Waals surface area (Å²) in [6.07, 6.45) is 15.3. The van der Waals surface area contributed by atoms with Crippen LogP contribution in [0, 0.1) is 39.8 Å². The summed E-state index contributed by atoms with van der Waals surface area (Å²) in [5.41, 5.74) is 0. The van der Waals surface area contributed by atoms with Gasteiger partial charge in [0, 0.05) is 0 Å². The zero-order chi connectivity index (χ0) is 13.1. The standard InChI is InChI=1S/C8H14.C3H4.CO.2ClH.Ir/c1-2-4-6-8-7-5-3-1;1-3-2;1-2;;;/h1-2H,3-8H2;1-2H2;;2*1H;/q;-1;;;;+3/p-2. The maximum absolute atomic E-state index is 7.50. The van der Waals surface area contributed by atoms with Crippen molar-refractivity contribution in [2.75, 3.05) is 0 Å². The van der Waals surface area contributed by atoms with Gasteiger partial charge in [0.15, 0.2) is 0 Å². The molecule has 0 amide bonds. The first-order chi connectivity index (χ1) is 7.83. The summed E-state index contributed by atoms with van der Waals surface area (Å²) in [6, 6.07) is 0. The Morgan fingerprint density at radius 3 is 1.50 bits per heavy atom. The quantitative estimate of drug-likeness (QED) is 0.379. The first kappa shape index (κ1) is 22.2. The van der Waals surface area contributed by atoms with Crippen LogP contribution in [0.15, 0.2) is 0 Å². The molecule has 1 rings (SSSR count). The van der Waals surface area contributed by atoms with Crippen molar-refractivity contribution in [2.45, 2.75) is 38.5 Å². The third-order valence-corrected chi connectivity index (χ3v) is 1.66. The van der Waals surface area contributed by atoms with E-state index in [1.54, 1.807) is 0 Å². The van der Waals surface area contributed by atoms with E-state index in [0.717, 1.165) is 0 Å². The average molecular weight is 441 g/mol. The number of hydrogen-bond acceptors (Lipinski definition) is 0. The Morgan fingerprint density at radius 1 is 1.00 bits per heavy atom. The molecule has 0 bridgehead atoms. The van der Waals surface area contributed by atoms with Crippen LogP contribution in [0.25, 0.3) is 0 Å². The van der Waals surface area contributed by atoms with E-state index >= 15 is 0 Å². The van der Waals surface area contributed by atoms with Gasteiger partial charge in [-0.3, -0.25) is 0 Å². The van der Waals surface area contributed by atoms with Crippen LogP contribution in [-0.4, -0.2) is 0 Å². The zero-order valence-electron chi connectivity index (χ0n) is 9.31. The predicted octanol–water partition coefficient (Wildman–Crippen LogP) is 4.82. The van der Waals surface area contributed by atoms with Crippen molar-refractivity contribution in [1.82, 2.24) is 0 Å². The molecule has 5 radical (unpaired) electrons. The van der Waals surface area contributed by atoms with Gasteiger partial charge in [0.05, 0.1) is 0 Å². The Labute approximate surface area is 117 Å².